The molecule has 2 N–H and O–H groups in total. The van der Waals surface area contributed by atoms with E-state index in [1.54, 1.807) is 10.7 Å². The molecule has 2 rings (SSSR count). The predicted molar refractivity (Wildman–Crippen MR) is 70.1 cm³/mol. The van der Waals surface area contributed by atoms with Crippen LogP contribution in [0.3, 0.4) is 0 Å². The summed E-state index contributed by atoms with van der Waals surface area (Å²) >= 11 is 12.3. The third-order valence-electron chi connectivity index (χ3n) is 2.33. The molecule has 1 heterocycles. The number of benzene rings is 1. The van der Waals surface area contributed by atoms with Gasteiger partial charge >= 0.3 is 0 Å². The lowest BCUT2D eigenvalue weighted by Crippen LogP contribution is -1.97. The van der Waals surface area contributed by atoms with Crippen molar-refractivity contribution in [3.05, 3.63) is 45.7 Å². The lowest BCUT2D eigenvalue weighted by atomic mass is 10.3. The highest BCUT2D eigenvalue weighted by Gasteiger charge is 2.14. The molecule has 2 aromatic rings. The summed E-state index contributed by atoms with van der Waals surface area (Å²) in [7, 11) is 0. The molecule has 1 aromatic heterocycles. The number of hydrazone groups is 1. The molecule has 0 spiro atoms. The van der Waals surface area contributed by atoms with E-state index in [0.29, 0.717) is 15.7 Å². The zero-order valence-corrected chi connectivity index (χ0v) is 10.6. The quantitative estimate of drug-likeness (QED) is 0.517. The van der Waals surface area contributed by atoms with Gasteiger partial charge in [0.1, 0.15) is 5.15 Å². The van der Waals surface area contributed by atoms with E-state index in [-0.39, 0.29) is 0 Å². The first kappa shape index (κ1) is 12.0. The molecule has 0 aliphatic rings. The van der Waals surface area contributed by atoms with Crippen LogP contribution in [0.15, 0.2) is 29.4 Å². The number of rotatable bonds is 2. The molecule has 1 aromatic carbocycles. The van der Waals surface area contributed by atoms with E-state index in [1.807, 2.05) is 25.1 Å². The summed E-state index contributed by atoms with van der Waals surface area (Å²) in [5.41, 5.74) is 2.15. The first-order chi connectivity index (χ1) is 8.15. The van der Waals surface area contributed by atoms with Crippen LogP contribution in [0.5, 0.6) is 0 Å². The van der Waals surface area contributed by atoms with Gasteiger partial charge in [-0.1, -0.05) is 35.3 Å². The molecule has 0 radical (unpaired) electrons. The third-order valence-corrected chi connectivity index (χ3v) is 3.02. The van der Waals surface area contributed by atoms with Gasteiger partial charge in [-0.3, -0.25) is 0 Å². The molecular weight excluding hydrogens is 259 g/mol. The van der Waals surface area contributed by atoms with Gasteiger partial charge < -0.3 is 5.84 Å². The Balaban J connectivity index is 2.62. The first-order valence-corrected chi connectivity index (χ1v) is 5.64. The van der Waals surface area contributed by atoms with Gasteiger partial charge in [0.15, 0.2) is 0 Å². The van der Waals surface area contributed by atoms with Crippen molar-refractivity contribution in [2.24, 2.45) is 10.9 Å². The molecule has 88 valence electrons. The number of aromatic nitrogens is 2. The van der Waals surface area contributed by atoms with E-state index in [9.17, 15) is 0 Å². The molecule has 0 saturated carbocycles. The Morgan fingerprint density at radius 2 is 2.06 bits per heavy atom. The zero-order valence-electron chi connectivity index (χ0n) is 9.06. The van der Waals surface area contributed by atoms with Gasteiger partial charge in [-0.15, -0.1) is 0 Å². The van der Waals surface area contributed by atoms with Gasteiger partial charge in [-0.2, -0.15) is 10.2 Å². The van der Waals surface area contributed by atoms with Crippen molar-refractivity contribution in [2.75, 3.05) is 0 Å². The number of nitrogens with zero attached hydrogens (tertiary/aromatic N) is 3. The van der Waals surface area contributed by atoms with Crippen LogP contribution >= 0.6 is 23.2 Å². The third kappa shape index (κ3) is 2.14. The van der Waals surface area contributed by atoms with E-state index >= 15 is 0 Å². The van der Waals surface area contributed by atoms with Crippen molar-refractivity contribution in [3.63, 3.8) is 0 Å². The summed E-state index contributed by atoms with van der Waals surface area (Å²) in [6.45, 7) is 1.83. The van der Waals surface area contributed by atoms with Crippen molar-refractivity contribution in [1.82, 2.24) is 9.78 Å². The average molecular weight is 269 g/mol. The van der Waals surface area contributed by atoms with Gasteiger partial charge in [-0.25, -0.2) is 4.68 Å². The maximum Gasteiger partial charge on any atom is 0.142 e. The Bertz CT molecular complexity index is 575. The molecule has 0 atom stereocenters. The van der Waals surface area contributed by atoms with Gasteiger partial charge in [-0.05, 0) is 19.1 Å². The monoisotopic (exact) mass is 268 g/mol. The van der Waals surface area contributed by atoms with E-state index in [1.165, 1.54) is 6.21 Å². The van der Waals surface area contributed by atoms with Crippen LogP contribution in [0.4, 0.5) is 0 Å². The SMILES string of the molecule is Cc1nn(-c2ccccc2Cl)c(Cl)c1/C=N\N. The minimum absolute atomic E-state index is 0.435. The number of nitrogens with two attached hydrogens (primary N) is 1. The average Bonchev–Trinajstić information content (AvgIpc) is 2.58. The second-order valence-corrected chi connectivity index (χ2v) is 4.20. The van der Waals surface area contributed by atoms with Crippen LogP contribution in [0.25, 0.3) is 5.69 Å². The maximum absolute atomic E-state index is 6.21. The summed E-state index contributed by atoms with van der Waals surface area (Å²) in [6.07, 6.45) is 1.47. The van der Waals surface area contributed by atoms with E-state index in [4.69, 9.17) is 29.0 Å². The Morgan fingerprint density at radius 3 is 2.71 bits per heavy atom. The highest BCUT2D eigenvalue weighted by Crippen LogP contribution is 2.26. The minimum atomic E-state index is 0.435. The van der Waals surface area contributed by atoms with Gasteiger partial charge in [0, 0.05) is 0 Å². The molecule has 0 unspecified atom stereocenters. The lowest BCUT2D eigenvalue weighted by molar-refractivity contribution is 0.863. The van der Waals surface area contributed by atoms with Gasteiger partial charge in [0.2, 0.25) is 0 Å². The molecule has 4 nitrogen and oxygen atoms in total. The van der Waals surface area contributed by atoms with Crippen LogP contribution in [0.1, 0.15) is 11.3 Å². The molecule has 0 bridgehead atoms. The number of hydrogen-bond donors (Lipinski definition) is 1. The van der Waals surface area contributed by atoms with Crippen molar-refractivity contribution in [1.29, 1.82) is 0 Å². The fourth-order valence-electron chi connectivity index (χ4n) is 1.52. The molecule has 6 heteroatoms. The Kier molecular flexibility index (Phi) is 3.36. The largest absolute Gasteiger partial charge is 0.323 e. The van der Waals surface area contributed by atoms with Crippen molar-refractivity contribution >= 4 is 29.4 Å². The molecule has 0 aliphatic heterocycles. The zero-order chi connectivity index (χ0) is 12.4. The van der Waals surface area contributed by atoms with Crippen molar-refractivity contribution in [2.45, 2.75) is 6.92 Å². The standard InChI is InChI=1S/C11H10Cl2N4/c1-7-8(6-15-14)11(13)17(16-7)10-5-3-2-4-9(10)12/h2-6H,14H2,1H3/b15-6-. The van der Waals surface area contributed by atoms with Gasteiger partial charge in [0.05, 0.1) is 28.2 Å². The molecule has 17 heavy (non-hydrogen) atoms. The second-order valence-electron chi connectivity index (χ2n) is 3.43. The topological polar surface area (TPSA) is 56.2 Å². The Hall–Kier alpha value is -1.52. The fourth-order valence-corrected chi connectivity index (χ4v) is 2.05. The molecule has 0 amide bonds. The van der Waals surface area contributed by atoms with Crippen LogP contribution in [0, 0.1) is 6.92 Å². The summed E-state index contributed by atoms with van der Waals surface area (Å²) < 4.78 is 1.57. The Labute approximate surface area is 109 Å². The lowest BCUT2D eigenvalue weighted by Gasteiger charge is -2.04. The number of para-hydroxylation sites is 1. The number of halogens is 2. The second kappa shape index (κ2) is 4.77. The van der Waals surface area contributed by atoms with E-state index in [2.05, 4.69) is 10.2 Å². The summed E-state index contributed by atoms with van der Waals surface area (Å²) in [4.78, 5) is 0. The van der Waals surface area contributed by atoms with Gasteiger partial charge in [0.25, 0.3) is 0 Å². The molecular formula is C11H10Cl2N4. The smallest absolute Gasteiger partial charge is 0.142 e. The normalized spacial score (nSPS) is 11.2. The summed E-state index contributed by atoms with van der Waals surface area (Å²) in [5.74, 6) is 5.12. The van der Waals surface area contributed by atoms with E-state index in [0.717, 1.165) is 11.4 Å². The van der Waals surface area contributed by atoms with Crippen LogP contribution in [-0.4, -0.2) is 16.0 Å². The van der Waals surface area contributed by atoms with Crippen molar-refractivity contribution in [3.8, 4) is 5.69 Å². The van der Waals surface area contributed by atoms with E-state index < -0.39 is 0 Å². The minimum Gasteiger partial charge on any atom is -0.323 e. The first-order valence-electron chi connectivity index (χ1n) is 4.88. The molecule has 0 fully saturated rings. The fraction of sp³-hybridized carbons (Fsp3) is 0.0909. The molecule has 0 saturated heterocycles. The summed E-state index contributed by atoms with van der Waals surface area (Å²) in [6, 6.07) is 7.33. The summed E-state index contributed by atoms with van der Waals surface area (Å²) in [5, 5.41) is 8.79. The maximum atomic E-state index is 6.21. The Morgan fingerprint density at radius 1 is 1.35 bits per heavy atom. The van der Waals surface area contributed by atoms with Crippen molar-refractivity contribution < 1.29 is 0 Å². The number of hydrogen-bond acceptors (Lipinski definition) is 3. The molecule has 0 aliphatic carbocycles. The van der Waals surface area contributed by atoms with Crippen LogP contribution < -0.4 is 5.84 Å². The van der Waals surface area contributed by atoms with Crippen LogP contribution in [0.2, 0.25) is 10.2 Å². The van der Waals surface area contributed by atoms with Crippen LogP contribution in [-0.2, 0) is 0 Å². The predicted octanol–water partition coefficient (Wildman–Crippen LogP) is 2.78. The number of aryl methyl sites for hydroxylation is 1. The highest BCUT2D eigenvalue weighted by atomic mass is 35.5. The highest BCUT2D eigenvalue weighted by molar-refractivity contribution is 6.34.